The molecule has 9 amide bonds. The number of carbonyl (C=O) groups is 10. The Bertz CT molecular complexity index is 2360. The number of nitrogens with zero attached hydrogens (tertiary/aromatic N) is 4. The Hall–Kier alpha value is -8.38. The zero-order chi connectivity index (χ0) is 68.3. The molecule has 0 aromatic rings. The van der Waals surface area contributed by atoms with Crippen molar-refractivity contribution in [3.05, 3.63) is 0 Å². The van der Waals surface area contributed by atoms with Gasteiger partial charge in [-0.25, -0.2) is 4.79 Å². The maximum absolute atomic E-state index is 14.5. The predicted molar refractivity (Wildman–Crippen MR) is 342 cm³/mol. The SMILES string of the molecule is CC(C)[C@H](NC(=O)[C@H](CCCCN)NC(=O)[C@H](CCCN=C(N)N)NC(=O)CNC(=O)[C@@H](N)CCCN=C(N)N)C(=O)N[C@H](C(=O)N[C@@H](CCCN=C(N)N)C(=O)N[C@@H](CCCN=C(N)N)C(=O)N[C@@H](CCCCN)C(=O)N[C@@H](CCCCN)C(=O)O)C(C)C. The summed E-state index contributed by atoms with van der Waals surface area (Å²) < 4.78 is 0. The van der Waals surface area contributed by atoms with Crippen LogP contribution in [0.5, 0.6) is 0 Å². The number of rotatable bonds is 49. The zero-order valence-corrected chi connectivity index (χ0v) is 52.8. The number of aliphatic carboxylic acids is 1. The van der Waals surface area contributed by atoms with E-state index in [-0.39, 0.29) is 127 Å². The molecule has 36 nitrogen and oxygen atoms in total. The first kappa shape index (κ1) is 81.6. The smallest absolute Gasteiger partial charge is 0.326 e. The van der Waals surface area contributed by atoms with E-state index >= 15 is 0 Å². The highest BCUT2D eigenvalue weighted by molar-refractivity contribution is 5.98. The maximum atomic E-state index is 14.5. The molecule has 36 heteroatoms. The molecule has 90 heavy (non-hydrogen) atoms. The second kappa shape index (κ2) is 46.7. The van der Waals surface area contributed by atoms with Gasteiger partial charge in [-0.3, -0.25) is 63.1 Å². The lowest BCUT2D eigenvalue weighted by Gasteiger charge is -2.30. The average molecular weight is 1280 g/mol. The van der Waals surface area contributed by atoms with Crippen molar-refractivity contribution in [3.8, 4) is 0 Å². The third-order valence-electron chi connectivity index (χ3n) is 13.7. The van der Waals surface area contributed by atoms with Crippen molar-refractivity contribution in [2.45, 2.75) is 191 Å². The van der Waals surface area contributed by atoms with E-state index in [1.165, 1.54) is 0 Å². The number of hydrogen-bond donors (Lipinski definition) is 22. The Morgan fingerprint density at radius 3 is 0.933 bits per heavy atom. The van der Waals surface area contributed by atoms with Crippen LogP contribution in [0.15, 0.2) is 20.0 Å². The molecule has 0 saturated heterocycles. The largest absolute Gasteiger partial charge is 0.480 e. The molecule has 34 N–H and O–H groups in total. The van der Waals surface area contributed by atoms with Gasteiger partial charge in [-0.05, 0) is 141 Å². The first-order chi connectivity index (χ1) is 42.5. The molecule has 0 aromatic heterocycles. The van der Waals surface area contributed by atoms with Gasteiger partial charge in [0.2, 0.25) is 53.2 Å². The van der Waals surface area contributed by atoms with Gasteiger partial charge < -0.3 is 122 Å². The van der Waals surface area contributed by atoms with Crippen molar-refractivity contribution in [1.82, 2.24) is 47.9 Å². The van der Waals surface area contributed by atoms with E-state index in [2.05, 4.69) is 67.8 Å². The van der Waals surface area contributed by atoms with Gasteiger partial charge in [0.1, 0.15) is 48.3 Å². The van der Waals surface area contributed by atoms with Crippen molar-refractivity contribution in [3.63, 3.8) is 0 Å². The molecular weight excluding hydrogens is 1170 g/mol. The number of amides is 9. The number of nitrogens with one attached hydrogen (secondary N) is 9. The Labute approximate surface area is 526 Å². The number of nitrogens with two attached hydrogens (primary N) is 12. The summed E-state index contributed by atoms with van der Waals surface area (Å²) in [6.45, 7) is 7.09. The number of hydrogen-bond acceptors (Lipinski definition) is 18. The van der Waals surface area contributed by atoms with E-state index in [1.807, 2.05) is 0 Å². The number of carboxylic acid groups (broad SMARTS) is 1. The van der Waals surface area contributed by atoms with Gasteiger partial charge in [-0.2, -0.15) is 0 Å². The molecule has 0 aromatic carbocycles. The van der Waals surface area contributed by atoms with Crippen LogP contribution in [0.25, 0.3) is 0 Å². The summed E-state index contributed by atoms with van der Waals surface area (Å²) in [4.78, 5) is 153. The lowest BCUT2D eigenvalue weighted by molar-refractivity contribution is -0.142. The highest BCUT2D eigenvalue weighted by Gasteiger charge is 2.36. The Kier molecular flexibility index (Phi) is 42.3. The summed E-state index contributed by atoms with van der Waals surface area (Å²) in [6, 6.07) is -11.6. The highest BCUT2D eigenvalue weighted by atomic mass is 16.4. The molecule has 0 aliphatic heterocycles. The number of aliphatic imine (C=N–C) groups is 4. The average Bonchev–Trinajstić information content (AvgIpc) is 1.26. The van der Waals surface area contributed by atoms with Crippen LogP contribution in [0.4, 0.5) is 0 Å². The van der Waals surface area contributed by atoms with E-state index in [9.17, 15) is 53.1 Å². The van der Waals surface area contributed by atoms with Crippen molar-refractivity contribution < 1.29 is 53.1 Å². The molecule has 0 fully saturated rings. The highest BCUT2D eigenvalue weighted by Crippen LogP contribution is 2.13. The van der Waals surface area contributed by atoms with Gasteiger partial charge in [0.05, 0.1) is 12.6 Å². The van der Waals surface area contributed by atoms with Crippen molar-refractivity contribution in [2.75, 3.05) is 52.4 Å². The van der Waals surface area contributed by atoms with Crippen LogP contribution in [0.2, 0.25) is 0 Å². The van der Waals surface area contributed by atoms with Crippen LogP contribution in [0, 0.1) is 11.8 Å². The van der Waals surface area contributed by atoms with E-state index < -0.39 is 132 Å². The van der Waals surface area contributed by atoms with E-state index in [0.29, 0.717) is 51.5 Å². The molecule has 9 atom stereocenters. The summed E-state index contributed by atoms with van der Waals surface area (Å²) in [5.74, 6) is -10.6. The zero-order valence-electron chi connectivity index (χ0n) is 52.8. The molecule has 0 aliphatic rings. The molecule has 0 saturated carbocycles. The lowest BCUT2D eigenvalue weighted by atomic mass is 9.98. The van der Waals surface area contributed by atoms with Crippen molar-refractivity contribution in [1.29, 1.82) is 0 Å². The van der Waals surface area contributed by atoms with Crippen LogP contribution in [0.1, 0.15) is 137 Å². The van der Waals surface area contributed by atoms with Gasteiger partial charge in [0.15, 0.2) is 23.8 Å². The van der Waals surface area contributed by atoms with Gasteiger partial charge in [0.25, 0.3) is 0 Å². The van der Waals surface area contributed by atoms with E-state index in [1.54, 1.807) is 27.7 Å². The Balaban J connectivity index is 6.94. The second-order valence-electron chi connectivity index (χ2n) is 22.2. The topological polar surface area (TPSA) is 661 Å². The number of unbranched alkanes of at least 4 members (excludes halogenated alkanes) is 3. The monoisotopic (exact) mass is 1280 g/mol. The van der Waals surface area contributed by atoms with Gasteiger partial charge in [-0.15, -0.1) is 0 Å². The Morgan fingerprint density at radius 1 is 0.344 bits per heavy atom. The molecule has 514 valence electrons. The number of guanidine groups is 4. The third-order valence-corrected chi connectivity index (χ3v) is 13.7. The first-order valence-electron chi connectivity index (χ1n) is 30.5. The second-order valence-corrected chi connectivity index (χ2v) is 22.2. The molecule has 0 bridgehead atoms. The van der Waals surface area contributed by atoms with Crippen LogP contribution in [0.3, 0.4) is 0 Å². The van der Waals surface area contributed by atoms with Crippen molar-refractivity contribution in [2.24, 2.45) is 101 Å². The normalized spacial score (nSPS) is 14.0. The van der Waals surface area contributed by atoms with Crippen LogP contribution in [-0.4, -0.2) is 195 Å². The van der Waals surface area contributed by atoms with Crippen molar-refractivity contribution >= 4 is 83.0 Å². The van der Waals surface area contributed by atoms with E-state index in [4.69, 9.17) is 68.8 Å². The summed E-state index contributed by atoms with van der Waals surface area (Å²) >= 11 is 0. The molecular formula is C54H107N25O11. The fraction of sp³-hybridized carbons (Fsp3) is 0.741. The molecule has 0 aliphatic carbocycles. The fourth-order valence-electron chi connectivity index (χ4n) is 8.70. The molecule has 0 heterocycles. The summed E-state index contributed by atoms with van der Waals surface area (Å²) in [6.07, 6.45) is 3.44. The van der Waals surface area contributed by atoms with Crippen LogP contribution < -0.4 is 117 Å². The fourth-order valence-corrected chi connectivity index (χ4v) is 8.70. The number of carboxylic acids is 1. The maximum Gasteiger partial charge on any atom is 0.326 e. The minimum atomic E-state index is -1.42. The molecule has 0 rings (SSSR count). The number of carbonyl (C=O) groups excluding carboxylic acids is 9. The quantitative estimate of drug-likeness (QED) is 0.0153. The minimum Gasteiger partial charge on any atom is -0.480 e. The summed E-state index contributed by atoms with van der Waals surface area (Å²) in [5, 5.41) is 33.5. The summed E-state index contributed by atoms with van der Waals surface area (Å²) in [5.41, 5.74) is 66.9. The lowest BCUT2D eigenvalue weighted by Crippen LogP contribution is -2.61. The third kappa shape index (κ3) is 36.8. The Morgan fingerprint density at radius 2 is 0.611 bits per heavy atom. The van der Waals surface area contributed by atoms with Crippen LogP contribution in [-0.2, 0) is 47.9 Å². The minimum absolute atomic E-state index is 0.0103. The molecule has 0 spiro atoms. The molecule has 0 radical (unpaired) electrons. The van der Waals surface area contributed by atoms with Crippen LogP contribution >= 0.6 is 0 Å². The first-order valence-corrected chi connectivity index (χ1v) is 30.5. The van der Waals surface area contributed by atoms with Gasteiger partial charge in [-0.1, -0.05) is 27.7 Å². The molecule has 0 unspecified atom stereocenters. The standard InChI is InChI=1S/C54H107N25O11/c1-30(2)40(48(87)76-37(21-14-28-70-54(65)66)45(84)75-36(20-13-27-69-53(63)64)44(83)73-34(16-5-8-22-55)46(85)77-38(50(89)90)18-7-10-24-57)79-49(88)41(31(3)4)78-47(86)35(17-6-9-23-56)74-43(82)33(19-12-26-68-52(61)62)72-39(80)29-71-42(81)32(58)15-11-25-67-51(59)60/h30-38,40-41H,5-29,55-58H2,1-4H3,(H,71,81)(H,72,80)(H,73,83)(H,74,82)(H,75,84)(H,76,87)(H,77,85)(H,78,86)(H,79,88)(H,89,90)(H4,59,60,67)(H4,61,62,68)(H4,63,64,69)(H4,65,66,70)/t32-,33-,34-,35-,36-,37-,38-,40-,41-/m0/s1. The van der Waals surface area contributed by atoms with E-state index in [0.717, 1.165) is 0 Å². The van der Waals surface area contributed by atoms with Gasteiger partial charge >= 0.3 is 5.97 Å². The predicted octanol–water partition coefficient (Wildman–Crippen LogP) is -7.69. The summed E-state index contributed by atoms with van der Waals surface area (Å²) in [7, 11) is 0. The van der Waals surface area contributed by atoms with Gasteiger partial charge in [0, 0.05) is 26.2 Å².